The second kappa shape index (κ2) is 5.80. The molecule has 1 aliphatic rings. The smallest absolute Gasteiger partial charge is 0.336 e. The number of anilines is 1. The van der Waals surface area contributed by atoms with Crippen LogP contribution in [0.15, 0.2) is 40.9 Å². The number of methoxy groups -OCH3 is 1. The predicted molar refractivity (Wildman–Crippen MR) is 91.4 cm³/mol. The number of rotatable bonds is 2. The van der Waals surface area contributed by atoms with Crippen LogP contribution in [0, 0.1) is 5.82 Å². The van der Waals surface area contributed by atoms with E-state index in [1.807, 2.05) is 30.3 Å². The highest BCUT2D eigenvalue weighted by molar-refractivity contribution is 9.10. The Morgan fingerprint density at radius 1 is 1.39 bits per heavy atom. The van der Waals surface area contributed by atoms with Gasteiger partial charge in [-0.15, -0.1) is 0 Å². The van der Waals surface area contributed by atoms with Gasteiger partial charge >= 0.3 is 5.97 Å². The van der Waals surface area contributed by atoms with Gasteiger partial charge in [-0.25, -0.2) is 9.18 Å². The van der Waals surface area contributed by atoms with E-state index in [4.69, 9.17) is 16.3 Å². The van der Waals surface area contributed by atoms with Crippen molar-refractivity contribution >= 4 is 39.2 Å². The molecule has 6 heteroatoms. The lowest BCUT2D eigenvalue weighted by Crippen LogP contribution is -2.49. The maximum Gasteiger partial charge on any atom is 0.336 e. The molecule has 0 spiro atoms. The number of hydrogen-bond acceptors (Lipinski definition) is 3. The fourth-order valence-corrected chi connectivity index (χ4v) is 3.87. The van der Waals surface area contributed by atoms with E-state index in [1.54, 1.807) is 11.9 Å². The van der Waals surface area contributed by atoms with Crippen molar-refractivity contribution in [2.75, 3.05) is 19.1 Å². The molecule has 3 rings (SSSR count). The molecule has 0 saturated heterocycles. The molecule has 0 unspecified atom stereocenters. The number of benzene rings is 2. The number of halogens is 3. The minimum absolute atomic E-state index is 0.0193. The highest BCUT2D eigenvalue weighted by Crippen LogP contribution is 2.49. The molecular formula is C17H14BrClFNO2. The molecule has 0 N–H and O–H groups in total. The Balaban J connectivity index is 2.25. The van der Waals surface area contributed by atoms with Gasteiger partial charge in [0.15, 0.2) is 5.54 Å². The first-order chi connectivity index (χ1) is 10.9. The van der Waals surface area contributed by atoms with Crippen LogP contribution < -0.4 is 4.90 Å². The van der Waals surface area contributed by atoms with Crippen LogP contribution in [0.4, 0.5) is 10.1 Å². The second-order valence-corrected chi connectivity index (χ2v) is 6.61. The third kappa shape index (κ3) is 2.25. The molecule has 0 bridgehead atoms. The molecule has 120 valence electrons. The maximum atomic E-state index is 14.0. The number of ether oxygens (including phenoxy) is 1. The summed E-state index contributed by atoms with van der Waals surface area (Å²) in [6, 6.07) is 10.7. The number of nitrogens with zero attached hydrogens (tertiary/aromatic N) is 1. The van der Waals surface area contributed by atoms with Gasteiger partial charge in [-0.2, -0.15) is 0 Å². The summed E-state index contributed by atoms with van der Waals surface area (Å²) in [4.78, 5) is 14.4. The Bertz CT molecular complexity index is 784. The van der Waals surface area contributed by atoms with Crippen LogP contribution in [0.5, 0.6) is 0 Å². The highest BCUT2D eigenvalue weighted by Gasteiger charge is 2.51. The number of likely N-dealkylation sites (N-methyl/N-ethyl adjacent to an activating group) is 1. The molecule has 3 nitrogen and oxygen atoms in total. The zero-order chi connectivity index (χ0) is 16.8. The van der Waals surface area contributed by atoms with Crippen LogP contribution >= 0.6 is 27.5 Å². The van der Waals surface area contributed by atoms with Crippen molar-refractivity contribution in [3.63, 3.8) is 0 Å². The normalized spacial score (nSPS) is 19.6. The fraction of sp³-hybridized carbons (Fsp3) is 0.235. The summed E-state index contributed by atoms with van der Waals surface area (Å²) in [5, 5.41) is 0.0193. The largest absolute Gasteiger partial charge is 0.467 e. The maximum absolute atomic E-state index is 14.0. The van der Waals surface area contributed by atoms with E-state index >= 15 is 0 Å². The summed E-state index contributed by atoms with van der Waals surface area (Å²) < 4.78 is 19.6. The third-order valence-corrected chi connectivity index (χ3v) is 5.85. The molecule has 0 radical (unpaired) electrons. The molecule has 1 atom stereocenters. The minimum atomic E-state index is -1.04. The third-order valence-electron chi connectivity index (χ3n) is 4.38. The molecule has 2 aromatic carbocycles. The van der Waals surface area contributed by atoms with Gasteiger partial charge in [0.25, 0.3) is 0 Å². The number of hydrogen-bond donors (Lipinski definition) is 0. The summed E-state index contributed by atoms with van der Waals surface area (Å²) >= 11 is 9.36. The molecule has 0 fully saturated rings. The quantitative estimate of drug-likeness (QED) is 0.558. The fourth-order valence-electron chi connectivity index (χ4n) is 3.17. The molecule has 1 aliphatic heterocycles. The van der Waals surface area contributed by atoms with Gasteiger partial charge in [0, 0.05) is 23.6 Å². The Morgan fingerprint density at radius 3 is 2.65 bits per heavy atom. The average molecular weight is 399 g/mol. The standard InChI is InChI=1S/C17H14BrClFNO2/c1-21-13-8-12(20)15(19)14(18)11(13)9-17(21,16(22)23-2)10-6-4-3-5-7-10/h3-8H,9H2,1-2H3/t17-/m1/s1. The second-order valence-electron chi connectivity index (χ2n) is 5.44. The van der Waals surface area contributed by atoms with Crippen molar-refractivity contribution in [3.05, 3.63) is 62.8 Å². The molecule has 2 aromatic rings. The predicted octanol–water partition coefficient (Wildman–Crippen LogP) is 4.30. The first kappa shape index (κ1) is 16.3. The van der Waals surface area contributed by atoms with E-state index in [2.05, 4.69) is 15.9 Å². The van der Waals surface area contributed by atoms with E-state index in [9.17, 15) is 9.18 Å². The molecule has 0 amide bonds. The number of esters is 1. The topological polar surface area (TPSA) is 29.5 Å². The molecule has 0 saturated carbocycles. The Morgan fingerprint density at radius 2 is 2.04 bits per heavy atom. The van der Waals surface area contributed by atoms with Crippen molar-refractivity contribution in [2.45, 2.75) is 12.0 Å². The Hall–Kier alpha value is -1.59. The number of carbonyl (C=O) groups is 1. The van der Waals surface area contributed by atoms with E-state index in [-0.39, 0.29) is 5.02 Å². The monoisotopic (exact) mass is 397 g/mol. The Kier molecular flexibility index (Phi) is 4.10. The van der Waals surface area contributed by atoms with Gasteiger partial charge in [0.1, 0.15) is 5.82 Å². The lowest BCUT2D eigenvalue weighted by Gasteiger charge is -2.35. The van der Waals surface area contributed by atoms with E-state index < -0.39 is 17.3 Å². The molecule has 1 heterocycles. The van der Waals surface area contributed by atoms with Crippen molar-refractivity contribution in [1.29, 1.82) is 0 Å². The van der Waals surface area contributed by atoms with Gasteiger partial charge in [-0.1, -0.05) is 41.9 Å². The highest BCUT2D eigenvalue weighted by atomic mass is 79.9. The van der Waals surface area contributed by atoms with Crippen LogP contribution in [0.3, 0.4) is 0 Å². The van der Waals surface area contributed by atoms with Gasteiger partial charge < -0.3 is 9.64 Å². The zero-order valence-electron chi connectivity index (χ0n) is 12.6. The van der Waals surface area contributed by atoms with Gasteiger partial charge in [-0.05, 0) is 33.1 Å². The summed E-state index contributed by atoms with van der Waals surface area (Å²) in [5.74, 6) is -0.927. The summed E-state index contributed by atoms with van der Waals surface area (Å²) in [6.45, 7) is 0. The van der Waals surface area contributed by atoms with Gasteiger partial charge in [-0.3, -0.25) is 0 Å². The van der Waals surface area contributed by atoms with Crippen molar-refractivity contribution in [1.82, 2.24) is 0 Å². The lowest BCUT2D eigenvalue weighted by molar-refractivity contribution is -0.147. The summed E-state index contributed by atoms with van der Waals surface area (Å²) in [7, 11) is 3.11. The summed E-state index contributed by atoms with van der Waals surface area (Å²) in [5.41, 5.74) is 1.15. The summed E-state index contributed by atoms with van der Waals surface area (Å²) in [6.07, 6.45) is 0.343. The first-order valence-corrected chi connectivity index (χ1v) is 8.14. The van der Waals surface area contributed by atoms with Crippen LogP contribution in [-0.4, -0.2) is 20.1 Å². The van der Waals surface area contributed by atoms with Crippen LogP contribution in [0.25, 0.3) is 0 Å². The van der Waals surface area contributed by atoms with E-state index in [0.29, 0.717) is 16.6 Å². The number of fused-ring (bicyclic) bond motifs is 1. The SMILES string of the molecule is COC(=O)[C@]1(c2ccccc2)Cc2c(cc(F)c(Cl)c2Br)N1C. The van der Waals surface area contributed by atoms with Gasteiger partial charge in [0.05, 0.1) is 12.1 Å². The van der Waals surface area contributed by atoms with Crippen LogP contribution in [0.2, 0.25) is 5.02 Å². The zero-order valence-corrected chi connectivity index (χ0v) is 14.9. The van der Waals surface area contributed by atoms with Gasteiger partial charge in [0.2, 0.25) is 0 Å². The average Bonchev–Trinajstić information content (AvgIpc) is 2.87. The lowest BCUT2D eigenvalue weighted by atomic mass is 9.86. The molecule has 0 aromatic heterocycles. The van der Waals surface area contributed by atoms with Crippen molar-refractivity contribution in [2.24, 2.45) is 0 Å². The van der Waals surface area contributed by atoms with E-state index in [0.717, 1.165) is 11.1 Å². The molecule has 23 heavy (non-hydrogen) atoms. The molecule has 0 aliphatic carbocycles. The minimum Gasteiger partial charge on any atom is -0.467 e. The number of carbonyl (C=O) groups excluding carboxylic acids is 1. The van der Waals surface area contributed by atoms with Crippen molar-refractivity contribution < 1.29 is 13.9 Å². The first-order valence-electron chi connectivity index (χ1n) is 6.97. The van der Waals surface area contributed by atoms with Crippen LogP contribution in [-0.2, 0) is 21.5 Å². The van der Waals surface area contributed by atoms with Crippen LogP contribution in [0.1, 0.15) is 11.1 Å². The Labute approximate surface area is 147 Å². The molecular weight excluding hydrogens is 385 g/mol. The van der Waals surface area contributed by atoms with Crippen molar-refractivity contribution in [3.8, 4) is 0 Å². The van der Waals surface area contributed by atoms with E-state index in [1.165, 1.54) is 13.2 Å².